The molecule has 3 heterocycles. The second-order valence-corrected chi connectivity index (χ2v) is 4.68. The molecule has 4 rings (SSSR count). The molecule has 0 N–H and O–H groups in total. The molecule has 0 saturated carbocycles. The molecule has 17 heavy (non-hydrogen) atoms. The molecule has 0 aliphatic carbocycles. The molecule has 0 radical (unpaired) electrons. The Morgan fingerprint density at radius 3 is 2.59 bits per heavy atom. The lowest BCUT2D eigenvalue weighted by Crippen LogP contribution is -2.45. The second kappa shape index (κ2) is 3.99. The number of fused-ring (bicyclic) bond motifs is 3. The summed E-state index contributed by atoms with van der Waals surface area (Å²) in [5, 5.41) is 0. The van der Waals surface area contributed by atoms with Crippen LogP contribution >= 0.6 is 0 Å². The van der Waals surface area contributed by atoms with E-state index in [4.69, 9.17) is 0 Å². The van der Waals surface area contributed by atoms with Crippen molar-refractivity contribution in [2.45, 2.75) is 12.8 Å². The SMILES string of the molecule is O=C1/C(=C\c2ccccc2F)N2CCC1CC2. The van der Waals surface area contributed by atoms with Gasteiger partial charge in [0.1, 0.15) is 5.82 Å². The molecule has 0 aromatic heterocycles. The lowest BCUT2D eigenvalue weighted by Gasteiger charge is -2.41. The van der Waals surface area contributed by atoms with Crippen LogP contribution in [0.5, 0.6) is 0 Å². The fourth-order valence-electron chi connectivity index (χ4n) is 2.65. The van der Waals surface area contributed by atoms with Gasteiger partial charge in [-0.05, 0) is 25.0 Å². The van der Waals surface area contributed by atoms with Crippen molar-refractivity contribution in [2.75, 3.05) is 13.1 Å². The van der Waals surface area contributed by atoms with Gasteiger partial charge in [-0.25, -0.2) is 4.39 Å². The van der Waals surface area contributed by atoms with E-state index in [1.54, 1.807) is 24.3 Å². The first-order chi connectivity index (χ1) is 8.25. The van der Waals surface area contributed by atoms with Gasteiger partial charge in [-0.2, -0.15) is 0 Å². The van der Waals surface area contributed by atoms with Gasteiger partial charge in [0, 0.05) is 24.6 Å². The summed E-state index contributed by atoms with van der Waals surface area (Å²) < 4.78 is 13.5. The molecule has 0 atom stereocenters. The zero-order valence-corrected chi connectivity index (χ0v) is 9.53. The van der Waals surface area contributed by atoms with E-state index < -0.39 is 0 Å². The maximum atomic E-state index is 13.5. The third-order valence-electron chi connectivity index (χ3n) is 3.66. The fraction of sp³-hybridized carbons (Fsp3) is 0.357. The smallest absolute Gasteiger partial charge is 0.182 e. The summed E-state index contributed by atoms with van der Waals surface area (Å²) in [5.74, 6) is 0.0826. The van der Waals surface area contributed by atoms with Gasteiger partial charge in [0.05, 0.1) is 5.70 Å². The zero-order chi connectivity index (χ0) is 11.8. The first-order valence-electron chi connectivity index (χ1n) is 6.01. The van der Waals surface area contributed by atoms with Crippen molar-refractivity contribution in [1.29, 1.82) is 0 Å². The lowest BCUT2D eigenvalue weighted by atomic mass is 9.84. The predicted octanol–water partition coefficient (Wildman–Crippen LogP) is 2.46. The number of allylic oxidation sites excluding steroid dienone is 1. The minimum absolute atomic E-state index is 0.165. The van der Waals surface area contributed by atoms with Crippen LogP contribution in [-0.4, -0.2) is 23.8 Å². The van der Waals surface area contributed by atoms with Gasteiger partial charge >= 0.3 is 0 Å². The summed E-state index contributed by atoms with van der Waals surface area (Å²) >= 11 is 0. The van der Waals surface area contributed by atoms with E-state index in [2.05, 4.69) is 4.90 Å². The predicted molar refractivity (Wildman–Crippen MR) is 63.7 cm³/mol. The van der Waals surface area contributed by atoms with Crippen molar-refractivity contribution >= 4 is 11.9 Å². The first-order valence-corrected chi connectivity index (χ1v) is 6.01. The Balaban J connectivity index is 1.99. The molecule has 0 amide bonds. The van der Waals surface area contributed by atoms with Gasteiger partial charge in [-0.3, -0.25) is 4.79 Å². The Morgan fingerprint density at radius 2 is 1.94 bits per heavy atom. The van der Waals surface area contributed by atoms with Crippen molar-refractivity contribution in [2.24, 2.45) is 5.92 Å². The largest absolute Gasteiger partial charge is 0.369 e. The second-order valence-electron chi connectivity index (χ2n) is 4.68. The third-order valence-corrected chi connectivity index (χ3v) is 3.66. The molecule has 3 heteroatoms. The van der Waals surface area contributed by atoms with Crippen LogP contribution in [-0.2, 0) is 4.79 Å². The highest BCUT2D eigenvalue weighted by Gasteiger charge is 2.36. The number of carbonyl (C=O) groups excluding carboxylic acids is 1. The molecule has 2 bridgehead atoms. The first kappa shape index (κ1) is 10.5. The van der Waals surface area contributed by atoms with Crippen molar-refractivity contribution in [1.82, 2.24) is 4.90 Å². The van der Waals surface area contributed by atoms with Crippen molar-refractivity contribution in [3.63, 3.8) is 0 Å². The van der Waals surface area contributed by atoms with Crippen LogP contribution in [0.1, 0.15) is 18.4 Å². The van der Waals surface area contributed by atoms with Crippen LogP contribution in [0.2, 0.25) is 0 Å². The van der Waals surface area contributed by atoms with E-state index in [0.29, 0.717) is 11.3 Å². The molecular weight excluding hydrogens is 217 g/mol. The number of benzene rings is 1. The summed E-state index contributed by atoms with van der Waals surface area (Å²) in [6.45, 7) is 1.85. The van der Waals surface area contributed by atoms with E-state index in [9.17, 15) is 9.18 Å². The topological polar surface area (TPSA) is 20.3 Å². The normalized spacial score (nSPS) is 22.5. The van der Waals surface area contributed by atoms with Crippen molar-refractivity contribution < 1.29 is 9.18 Å². The quantitative estimate of drug-likeness (QED) is 0.692. The van der Waals surface area contributed by atoms with Crippen LogP contribution in [0.15, 0.2) is 30.0 Å². The molecule has 3 fully saturated rings. The molecular formula is C14H14FNO. The van der Waals surface area contributed by atoms with E-state index >= 15 is 0 Å². The third kappa shape index (κ3) is 1.75. The number of ketones is 1. The highest BCUT2D eigenvalue weighted by molar-refractivity contribution is 6.01. The number of Topliss-reactive ketones (excluding diaryl/α,β-unsaturated/α-hetero) is 1. The van der Waals surface area contributed by atoms with E-state index in [1.807, 2.05) is 0 Å². The molecule has 3 aliphatic heterocycles. The average molecular weight is 231 g/mol. The molecule has 2 nitrogen and oxygen atoms in total. The maximum absolute atomic E-state index is 13.5. The number of carbonyl (C=O) groups is 1. The van der Waals surface area contributed by atoms with Crippen LogP contribution in [0.25, 0.3) is 6.08 Å². The number of hydrogen-bond donors (Lipinski definition) is 0. The minimum atomic E-state index is -0.268. The lowest BCUT2D eigenvalue weighted by molar-refractivity contribution is -0.125. The van der Waals surface area contributed by atoms with Crippen LogP contribution < -0.4 is 0 Å². The van der Waals surface area contributed by atoms with Gasteiger partial charge in [-0.1, -0.05) is 18.2 Å². The maximum Gasteiger partial charge on any atom is 0.182 e. The number of nitrogens with zero attached hydrogens (tertiary/aromatic N) is 1. The van der Waals surface area contributed by atoms with E-state index in [-0.39, 0.29) is 17.5 Å². The highest BCUT2D eigenvalue weighted by Crippen LogP contribution is 2.32. The standard InChI is InChI=1S/C14H14FNO/c15-12-4-2-1-3-11(12)9-13-14(17)10-5-7-16(13)8-6-10/h1-4,9-10H,5-8H2/b13-9+. The summed E-state index contributed by atoms with van der Waals surface area (Å²) in [6, 6.07) is 6.58. The Labute approximate surface area is 99.7 Å². The molecule has 88 valence electrons. The van der Waals surface area contributed by atoms with Crippen LogP contribution in [0, 0.1) is 11.7 Å². The molecule has 1 aromatic carbocycles. The Kier molecular flexibility index (Phi) is 2.46. The molecule has 1 aromatic rings. The fourth-order valence-corrected chi connectivity index (χ4v) is 2.65. The Bertz CT molecular complexity index is 487. The molecule has 3 saturated heterocycles. The number of piperidine rings is 3. The number of rotatable bonds is 1. The van der Waals surface area contributed by atoms with Gasteiger partial charge in [0.15, 0.2) is 5.78 Å². The number of halogens is 1. The van der Waals surface area contributed by atoms with Crippen LogP contribution in [0.3, 0.4) is 0 Å². The summed E-state index contributed by atoms with van der Waals surface area (Å²) in [6.07, 6.45) is 3.60. The van der Waals surface area contributed by atoms with Gasteiger partial charge < -0.3 is 4.90 Å². The van der Waals surface area contributed by atoms with E-state index in [1.165, 1.54) is 6.07 Å². The number of hydrogen-bond acceptors (Lipinski definition) is 2. The Morgan fingerprint density at radius 1 is 1.24 bits per heavy atom. The average Bonchev–Trinajstić information content (AvgIpc) is 2.36. The Hall–Kier alpha value is -1.64. The van der Waals surface area contributed by atoms with Crippen LogP contribution in [0.4, 0.5) is 4.39 Å². The summed E-state index contributed by atoms with van der Waals surface area (Å²) in [7, 11) is 0. The summed E-state index contributed by atoms with van der Waals surface area (Å²) in [4.78, 5) is 14.1. The highest BCUT2D eigenvalue weighted by atomic mass is 19.1. The van der Waals surface area contributed by atoms with Gasteiger partial charge in [0.2, 0.25) is 0 Å². The monoisotopic (exact) mass is 231 g/mol. The van der Waals surface area contributed by atoms with E-state index in [0.717, 1.165) is 25.9 Å². The molecule has 0 unspecified atom stereocenters. The minimum Gasteiger partial charge on any atom is -0.369 e. The van der Waals surface area contributed by atoms with Crippen molar-refractivity contribution in [3.8, 4) is 0 Å². The summed E-state index contributed by atoms with van der Waals surface area (Å²) in [5.41, 5.74) is 1.20. The molecule has 0 spiro atoms. The van der Waals surface area contributed by atoms with Gasteiger partial charge in [0.25, 0.3) is 0 Å². The van der Waals surface area contributed by atoms with Crippen molar-refractivity contribution in [3.05, 3.63) is 41.3 Å². The zero-order valence-electron chi connectivity index (χ0n) is 9.53. The van der Waals surface area contributed by atoms with Gasteiger partial charge in [-0.15, -0.1) is 0 Å². The molecule has 3 aliphatic rings.